The Hall–Kier alpha value is -4.37. The van der Waals surface area contributed by atoms with Gasteiger partial charge in [0.25, 0.3) is 5.91 Å². The number of nitriles is 1. The molecule has 3 aliphatic rings. The molecule has 2 aromatic carbocycles. The number of amides is 1. The first-order valence-electron chi connectivity index (χ1n) is 16.7. The summed E-state index contributed by atoms with van der Waals surface area (Å²) in [6, 6.07) is 17.8. The number of halogens is 1. The molecule has 10 nitrogen and oxygen atoms in total. The van der Waals surface area contributed by atoms with Crippen LogP contribution in [-0.2, 0) is 29.2 Å². The summed E-state index contributed by atoms with van der Waals surface area (Å²) in [7, 11) is 0. The highest BCUT2D eigenvalue weighted by atomic mass is 19.1. The predicted molar refractivity (Wildman–Crippen MR) is 177 cm³/mol. The Morgan fingerprint density at radius 3 is 2.67 bits per heavy atom. The van der Waals surface area contributed by atoms with Gasteiger partial charge in [0.15, 0.2) is 0 Å². The third-order valence-electron chi connectivity index (χ3n) is 9.67. The van der Waals surface area contributed by atoms with Gasteiger partial charge in [0, 0.05) is 55.1 Å². The van der Waals surface area contributed by atoms with Gasteiger partial charge in [-0.3, -0.25) is 9.69 Å². The summed E-state index contributed by atoms with van der Waals surface area (Å²) < 4.78 is 33.8. The second-order valence-electron chi connectivity index (χ2n) is 13.8. The van der Waals surface area contributed by atoms with Gasteiger partial charge in [-0.1, -0.05) is 12.1 Å². The van der Waals surface area contributed by atoms with E-state index in [1.54, 1.807) is 18.2 Å². The van der Waals surface area contributed by atoms with E-state index in [1.807, 2.05) is 57.2 Å². The van der Waals surface area contributed by atoms with Gasteiger partial charge in [0.05, 0.1) is 54.0 Å². The van der Waals surface area contributed by atoms with Gasteiger partial charge in [0.1, 0.15) is 18.2 Å². The van der Waals surface area contributed by atoms with Crippen molar-refractivity contribution in [2.75, 3.05) is 32.9 Å². The van der Waals surface area contributed by atoms with Crippen LogP contribution in [0.5, 0.6) is 5.88 Å². The van der Waals surface area contributed by atoms with Crippen LogP contribution >= 0.6 is 0 Å². The molecule has 2 aromatic heterocycles. The van der Waals surface area contributed by atoms with Crippen LogP contribution in [-0.4, -0.2) is 69.9 Å². The molecule has 1 N–H and O–H groups in total. The van der Waals surface area contributed by atoms with E-state index < -0.39 is 11.4 Å². The van der Waals surface area contributed by atoms with E-state index in [2.05, 4.69) is 14.8 Å². The first-order valence-corrected chi connectivity index (χ1v) is 16.7. The summed E-state index contributed by atoms with van der Waals surface area (Å²) in [6.07, 6.45) is 1.16. The van der Waals surface area contributed by atoms with E-state index in [4.69, 9.17) is 29.4 Å². The normalized spacial score (nSPS) is 21.8. The molecule has 48 heavy (non-hydrogen) atoms. The van der Waals surface area contributed by atoms with Crippen LogP contribution in [0.15, 0.2) is 54.6 Å². The third-order valence-corrected chi connectivity index (χ3v) is 9.67. The number of piperidine rings is 1. The summed E-state index contributed by atoms with van der Waals surface area (Å²) in [5, 5.41) is 12.1. The molecule has 250 valence electrons. The van der Waals surface area contributed by atoms with Gasteiger partial charge in [-0.2, -0.15) is 5.26 Å². The Morgan fingerprint density at radius 1 is 1.15 bits per heavy atom. The quantitative estimate of drug-likeness (QED) is 0.210. The number of hydrogen-bond acceptors (Lipinski definition) is 8. The number of rotatable bonds is 13. The average Bonchev–Trinajstić information content (AvgIpc) is 3.37. The minimum absolute atomic E-state index is 0.0459. The van der Waals surface area contributed by atoms with Crippen molar-refractivity contribution in [1.29, 1.82) is 5.26 Å². The topological polar surface area (TPSA) is 115 Å². The zero-order valence-electron chi connectivity index (χ0n) is 27.6. The van der Waals surface area contributed by atoms with Gasteiger partial charge < -0.3 is 24.1 Å². The van der Waals surface area contributed by atoms with Gasteiger partial charge in [0.2, 0.25) is 5.88 Å². The lowest BCUT2D eigenvalue weighted by molar-refractivity contribution is -0.0591. The molecule has 0 bridgehead atoms. The molecule has 1 aliphatic carbocycles. The highest BCUT2D eigenvalue weighted by Gasteiger charge is 2.57. The number of fused-ring (bicyclic) bond motifs is 2. The van der Waals surface area contributed by atoms with E-state index >= 15 is 0 Å². The van der Waals surface area contributed by atoms with Crippen LogP contribution in [0.1, 0.15) is 66.1 Å². The zero-order valence-corrected chi connectivity index (χ0v) is 27.6. The number of imidazole rings is 1. The van der Waals surface area contributed by atoms with Crippen molar-refractivity contribution >= 4 is 16.9 Å². The van der Waals surface area contributed by atoms with Crippen molar-refractivity contribution < 1.29 is 23.4 Å². The lowest BCUT2D eigenvalue weighted by Gasteiger charge is -2.28. The maximum Gasteiger partial charge on any atom is 0.251 e. The fraction of sp³-hybridized carbons (Fsp3) is 0.459. The van der Waals surface area contributed by atoms with E-state index in [9.17, 15) is 9.18 Å². The Kier molecular flexibility index (Phi) is 8.90. The van der Waals surface area contributed by atoms with Gasteiger partial charge in [-0.25, -0.2) is 14.4 Å². The number of likely N-dealkylation sites (tertiary alicyclic amines) is 1. The van der Waals surface area contributed by atoms with Crippen LogP contribution in [0.25, 0.3) is 11.0 Å². The Bertz CT molecular complexity index is 1850. The summed E-state index contributed by atoms with van der Waals surface area (Å²) in [5.74, 6) is 2.24. The Balaban J connectivity index is 1.01. The molecule has 3 fully saturated rings. The van der Waals surface area contributed by atoms with Crippen molar-refractivity contribution in [1.82, 2.24) is 24.8 Å². The number of ether oxygens (including phenoxy) is 3. The maximum absolute atomic E-state index is 14.3. The van der Waals surface area contributed by atoms with Gasteiger partial charge >= 0.3 is 0 Å². The molecule has 1 amide bonds. The largest absolute Gasteiger partial charge is 0.473 e. The van der Waals surface area contributed by atoms with Gasteiger partial charge in [-0.05, 0) is 75.4 Å². The summed E-state index contributed by atoms with van der Waals surface area (Å²) in [6.45, 7) is 11.0. The molecular formula is C37H41FN6O4. The molecule has 0 spiro atoms. The predicted octanol–water partition coefficient (Wildman–Crippen LogP) is 5.20. The van der Waals surface area contributed by atoms with Crippen LogP contribution in [0.2, 0.25) is 0 Å². The van der Waals surface area contributed by atoms with E-state index in [0.717, 1.165) is 55.2 Å². The van der Waals surface area contributed by atoms with Crippen LogP contribution < -0.4 is 10.1 Å². The van der Waals surface area contributed by atoms with Crippen molar-refractivity contribution in [2.45, 2.75) is 64.4 Å². The molecule has 2 saturated heterocycles. The molecule has 4 heterocycles. The fourth-order valence-corrected chi connectivity index (χ4v) is 7.01. The highest BCUT2D eigenvalue weighted by Crippen LogP contribution is 2.58. The van der Waals surface area contributed by atoms with Crippen LogP contribution in [0.4, 0.5) is 4.39 Å². The second-order valence-corrected chi connectivity index (χ2v) is 13.8. The fourth-order valence-electron chi connectivity index (χ4n) is 7.01. The smallest absolute Gasteiger partial charge is 0.251 e. The molecule has 0 radical (unpaired) electrons. The van der Waals surface area contributed by atoms with Crippen molar-refractivity contribution in [2.24, 2.45) is 11.8 Å². The minimum atomic E-state index is -0.489. The first-order chi connectivity index (χ1) is 23.2. The number of benzene rings is 2. The first kappa shape index (κ1) is 32.2. The lowest BCUT2D eigenvalue weighted by atomic mass is 10.1. The monoisotopic (exact) mass is 652 g/mol. The molecule has 1 saturated carbocycles. The van der Waals surface area contributed by atoms with Crippen molar-refractivity contribution in [3.05, 3.63) is 88.6 Å². The molecule has 4 aromatic rings. The van der Waals surface area contributed by atoms with Crippen molar-refractivity contribution in [3.63, 3.8) is 0 Å². The minimum Gasteiger partial charge on any atom is -0.473 e. The lowest BCUT2D eigenvalue weighted by Crippen LogP contribution is -2.47. The molecule has 4 atom stereocenters. The van der Waals surface area contributed by atoms with Crippen LogP contribution in [0, 0.1) is 29.0 Å². The molecule has 11 heteroatoms. The summed E-state index contributed by atoms with van der Waals surface area (Å²) >= 11 is 0. The number of hydrogen-bond donors (Lipinski definition) is 1. The zero-order chi connectivity index (χ0) is 33.4. The molecule has 2 aliphatic heterocycles. The molecule has 7 rings (SSSR count). The summed E-state index contributed by atoms with van der Waals surface area (Å²) in [5.41, 5.74) is 3.60. The average molecular weight is 653 g/mol. The maximum atomic E-state index is 14.3. The third kappa shape index (κ3) is 6.79. The number of nitrogens with one attached hydrogen (secondary N) is 1. The molecular weight excluding hydrogens is 611 g/mol. The number of carbonyl (C=O) groups is 1. The van der Waals surface area contributed by atoms with Gasteiger partial charge in [-0.15, -0.1) is 0 Å². The number of carbonyl (C=O) groups excluding carboxylic acids is 1. The highest BCUT2D eigenvalue weighted by molar-refractivity contribution is 5.97. The number of aromatic nitrogens is 3. The summed E-state index contributed by atoms with van der Waals surface area (Å²) in [4.78, 5) is 25.5. The second kappa shape index (κ2) is 13.3. The van der Waals surface area contributed by atoms with E-state index in [1.165, 1.54) is 6.07 Å². The standard InChI is InChI=1S/C37H41FN6O4/c1-4-46-22-37(2,3)42-36(45)24-10-11-30-32(15-24)44(17-26-12-13-47-26)33(40-30)20-43-18-27-28(19-43)35(27)31-6-5-7-34(41-31)48-21-25-9-8-23(16-39)14-29(25)38/h5-11,14-15,26-28,35H,4,12-13,17-22H2,1-3H3,(H,42,45)/t26-,27-,28+,35?/m0/s1. The van der Waals surface area contributed by atoms with E-state index in [0.29, 0.717) is 54.5 Å². The number of pyridine rings is 1. The van der Waals surface area contributed by atoms with Crippen molar-refractivity contribution in [3.8, 4) is 11.9 Å². The van der Waals surface area contributed by atoms with Crippen LogP contribution in [0.3, 0.4) is 0 Å². The Morgan fingerprint density at radius 2 is 1.96 bits per heavy atom. The Labute approximate surface area is 279 Å². The van der Waals surface area contributed by atoms with E-state index in [-0.39, 0.29) is 24.2 Å². The SMILES string of the molecule is CCOCC(C)(C)NC(=O)c1ccc2nc(CN3C[C@@H]4C(c5cccc(OCc6ccc(C#N)cc6F)n5)[C@@H]4C3)n(C[C@@H]3CCO3)c2c1. The number of nitrogens with zero attached hydrogens (tertiary/aromatic N) is 5. The molecule has 1 unspecified atom stereocenters.